The number of carbonyl (C=O) groups is 2. The third-order valence-electron chi connectivity index (χ3n) is 3.65. The minimum atomic E-state index is -0.456. The van der Waals surface area contributed by atoms with Gasteiger partial charge in [-0.05, 0) is 37.0 Å². The Morgan fingerprint density at radius 2 is 1.29 bits per heavy atom. The van der Waals surface area contributed by atoms with Gasteiger partial charge in [0.15, 0.2) is 11.5 Å². The SMILES string of the molecule is C=C(C)C(=O)OCCOc1ccc(C(C)(C)C)cc1OCCOC(=O)C(=C)C. The summed E-state index contributed by atoms with van der Waals surface area (Å²) in [4.78, 5) is 22.8. The van der Waals surface area contributed by atoms with Crippen LogP contribution < -0.4 is 9.47 Å². The van der Waals surface area contributed by atoms with Gasteiger partial charge in [0, 0.05) is 11.1 Å². The van der Waals surface area contributed by atoms with Gasteiger partial charge in [0.1, 0.15) is 26.4 Å². The van der Waals surface area contributed by atoms with Crippen LogP contribution in [0.4, 0.5) is 0 Å². The fourth-order valence-corrected chi connectivity index (χ4v) is 2.02. The highest BCUT2D eigenvalue weighted by Crippen LogP contribution is 2.33. The molecule has 6 heteroatoms. The first kappa shape index (κ1) is 23.3. The predicted molar refractivity (Wildman–Crippen MR) is 108 cm³/mol. The highest BCUT2D eigenvalue weighted by molar-refractivity contribution is 5.87. The van der Waals surface area contributed by atoms with Crippen molar-refractivity contribution in [3.05, 3.63) is 48.1 Å². The van der Waals surface area contributed by atoms with Crippen molar-refractivity contribution < 1.29 is 28.5 Å². The fraction of sp³-hybridized carbons (Fsp3) is 0.455. The van der Waals surface area contributed by atoms with Crippen LogP contribution in [0.15, 0.2) is 42.5 Å². The molecular formula is C22H30O6. The van der Waals surface area contributed by atoms with E-state index in [1.54, 1.807) is 13.8 Å². The van der Waals surface area contributed by atoms with Crippen LogP contribution >= 0.6 is 0 Å². The maximum atomic E-state index is 11.4. The molecule has 154 valence electrons. The number of benzene rings is 1. The lowest BCUT2D eigenvalue weighted by Crippen LogP contribution is -2.16. The van der Waals surface area contributed by atoms with Gasteiger partial charge in [-0.3, -0.25) is 0 Å². The molecule has 0 saturated heterocycles. The first-order valence-corrected chi connectivity index (χ1v) is 9.07. The van der Waals surface area contributed by atoms with Gasteiger partial charge in [-0.15, -0.1) is 0 Å². The summed E-state index contributed by atoms with van der Waals surface area (Å²) in [6, 6.07) is 5.68. The summed E-state index contributed by atoms with van der Waals surface area (Å²) >= 11 is 0. The lowest BCUT2D eigenvalue weighted by atomic mass is 9.87. The molecule has 0 saturated carbocycles. The van der Waals surface area contributed by atoms with Crippen molar-refractivity contribution in [2.45, 2.75) is 40.0 Å². The van der Waals surface area contributed by atoms with Crippen LogP contribution in [-0.4, -0.2) is 38.4 Å². The lowest BCUT2D eigenvalue weighted by Gasteiger charge is -2.21. The molecular weight excluding hydrogens is 360 g/mol. The van der Waals surface area contributed by atoms with Gasteiger partial charge in [-0.2, -0.15) is 0 Å². The normalized spacial score (nSPS) is 10.8. The number of hydrogen-bond acceptors (Lipinski definition) is 6. The summed E-state index contributed by atoms with van der Waals surface area (Å²) in [5.41, 5.74) is 1.67. The van der Waals surface area contributed by atoms with Crippen LogP contribution in [0.5, 0.6) is 11.5 Å². The van der Waals surface area contributed by atoms with Crippen LogP contribution in [0, 0.1) is 0 Å². The second kappa shape index (κ2) is 10.5. The third kappa shape index (κ3) is 7.86. The summed E-state index contributed by atoms with van der Waals surface area (Å²) in [6.45, 7) is 17.1. The second-order valence-electron chi connectivity index (χ2n) is 7.44. The van der Waals surface area contributed by atoms with Gasteiger partial charge < -0.3 is 18.9 Å². The van der Waals surface area contributed by atoms with Crippen LogP contribution in [0.3, 0.4) is 0 Å². The molecule has 1 aromatic carbocycles. The van der Waals surface area contributed by atoms with Gasteiger partial charge in [-0.1, -0.05) is 40.0 Å². The molecule has 0 aliphatic heterocycles. The van der Waals surface area contributed by atoms with Crippen LogP contribution in [0.1, 0.15) is 40.2 Å². The lowest BCUT2D eigenvalue weighted by molar-refractivity contribution is -0.140. The Hall–Kier alpha value is -2.76. The first-order chi connectivity index (χ1) is 13.0. The fourth-order valence-electron chi connectivity index (χ4n) is 2.02. The van der Waals surface area contributed by atoms with E-state index >= 15 is 0 Å². The molecule has 0 aliphatic rings. The number of rotatable bonds is 10. The zero-order valence-electron chi connectivity index (χ0n) is 17.4. The number of esters is 2. The maximum Gasteiger partial charge on any atom is 0.333 e. The van der Waals surface area contributed by atoms with Crippen molar-refractivity contribution in [2.24, 2.45) is 0 Å². The molecule has 0 unspecified atom stereocenters. The summed E-state index contributed by atoms with van der Waals surface area (Å²) in [5, 5.41) is 0. The van der Waals surface area contributed by atoms with Crippen molar-refractivity contribution in [3.8, 4) is 11.5 Å². The summed E-state index contributed by atoms with van der Waals surface area (Å²) in [7, 11) is 0. The van der Waals surface area contributed by atoms with Gasteiger partial charge in [0.05, 0.1) is 0 Å². The minimum Gasteiger partial charge on any atom is -0.486 e. The monoisotopic (exact) mass is 390 g/mol. The number of hydrogen-bond donors (Lipinski definition) is 0. The van der Waals surface area contributed by atoms with Gasteiger partial charge in [0.2, 0.25) is 0 Å². The van der Waals surface area contributed by atoms with Crippen LogP contribution in [-0.2, 0) is 24.5 Å². The summed E-state index contributed by atoms with van der Waals surface area (Å²) in [5.74, 6) is 0.140. The summed E-state index contributed by atoms with van der Waals surface area (Å²) in [6.07, 6.45) is 0. The zero-order chi connectivity index (χ0) is 21.3. The first-order valence-electron chi connectivity index (χ1n) is 9.07. The Morgan fingerprint density at radius 3 is 1.71 bits per heavy atom. The highest BCUT2D eigenvalue weighted by Gasteiger charge is 2.17. The van der Waals surface area contributed by atoms with E-state index in [-0.39, 0.29) is 31.8 Å². The largest absolute Gasteiger partial charge is 0.486 e. The number of ether oxygens (including phenoxy) is 4. The molecule has 0 fully saturated rings. The van der Waals surface area contributed by atoms with Gasteiger partial charge in [0.25, 0.3) is 0 Å². The zero-order valence-corrected chi connectivity index (χ0v) is 17.4. The van der Waals surface area contributed by atoms with Crippen molar-refractivity contribution in [2.75, 3.05) is 26.4 Å². The van der Waals surface area contributed by atoms with E-state index in [0.717, 1.165) is 5.56 Å². The van der Waals surface area contributed by atoms with E-state index in [0.29, 0.717) is 22.6 Å². The molecule has 0 spiro atoms. The van der Waals surface area contributed by atoms with Crippen molar-refractivity contribution in [1.29, 1.82) is 0 Å². The van der Waals surface area contributed by atoms with Crippen molar-refractivity contribution in [3.63, 3.8) is 0 Å². The Bertz CT molecular complexity index is 727. The highest BCUT2D eigenvalue weighted by atomic mass is 16.6. The van der Waals surface area contributed by atoms with E-state index in [1.165, 1.54) is 0 Å². The molecule has 0 heterocycles. The second-order valence-corrected chi connectivity index (χ2v) is 7.44. The number of carbonyl (C=O) groups excluding carboxylic acids is 2. The quantitative estimate of drug-likeness (QED) is 0.342. The molecule has 1 aromatic rings. The Morgan fingerprint density at radius 1 is 0.821 bits per heavy atom. The smallest absolute Gasteiger partial charge is 0.333 e. The predicted octanol–water partition coefficient (Wildman–Crippen LogP) is 3.98. The molecule has 28 heavy (non-hydrogen) atoms. The van der Waals surface area contributed by atoms with Crippen LogP contribution in [0.2, 0.25) is 0 Å². The molecule has 0 aromatic heterocycles. The summed E-state index contributed by atoms with van der Waals surface area (Å²) < 4.78 is 21.5. The minimum absolute atomic E-state index is 0.0694. The Balaban J connectivity index is 2.73. The van der Waals surface area contributed by atoms with E-state index in [1.807, 2.05) is 18.2 Å². The molecule has 0 atom stereocenters. The van der Waals surface area contributed by atoms with E-state index in [9.17, 15) is 9.59 Å². The van der Waals surface area contributed by atoms with Crippen molar-refractivity contribution >= 4 is 11.9 Å². The molecule has 1 rings (SSSR count). The topological polar surface area (TPSA) is 71.1 Å². The third-order valence-corrected chi connectivity index (χ3v) is 3.65. The molecule has 0 aliphatic carbocycles. The molecule has 0 bridgehead atoms. The van der Waals surface area contributed by atoms with Gasteiger partial charge in [-0.25, -0.2) is 9.59 Å². The molecule has 6 nitrogen and oxygen atoms in total. The van der Waals surface area contributed by atoms with E-state index in [4.69, 9.17) is 18.9 Å². The molecule has 0 amide bonds. The average Bonchev–Trinajstić information content (AvgIpc) is 2.61. The standard InChI is InChI=1S/C22H30O6/c1-15(2)20(23)27-12-10-25-18-9-8-17(22(5,6)7)14-19(18)26-11-13-28-21(24)16(3)4/h8-9,14H,1,3,10-13H2,2,4-7H3. The van der Waals surface area contributed by atoms with Gasteiger partial charge >= 0.3 is 11.9 Å². The van der Waals surface area contributed by atoms with Crippen molar-refractivity contribution in [1.82, 2.24) is 0 Å². The van der Waals surface area contributed by atoms with Crippen LogP contribution in [0.25, 0.3) is 0 Å². The molecule has 0 radical (unpaired) electrons. The van der Waals surface area contributed by atoms with E-state index in [2.05, 4.69) is 33.9 Å². The molecule has 0 N–H and O–H groups in total. The Kier molecular flexibility index (Phi) is 8.76. The van der Waals surface area contributed by atoms with E-state index < -0.39 is 11.9 Å². The average molecular weight is 390 g/mol. The Labute approximate surface area is 167 Å². The maximum absolute atomic E-state index is 11.4.